The average Bonchev–Trinajstić information content (AvgIpc) is 3.07. The van der Waals surface area contributed by atoms with E-state index in [-0.39, 0.29) is 5.56 Å². The van der Waals surface area contributed by atoms with E-state index >= 15 is 0 Å². The van der Waals surface area contributed by atoms with Crippen LogP contribution in [-0.2, 0) is 13.6 Å². The van der Waals surface area contributed by atoms with Crippen LogP contribution in [0.15, 0.2) is 47.4 Å². The van der Waals surface area contributed by atoms with Crippen LogP contribution in [0.2, 0.25) is 0 Å². The van der Waals surface area contributed by atoms with Crippen LogP contribution >= 0.6 is 0 Å². The quantitative estimate of drug-likeness (QED) is 0.632. The number of hydrogen-bond donors (Lipinski definition) is 1. The van der Waals surface area contributed by atoms with Gasteiger partial charge in [-0.3, -0.25) is 14.3 Å². The Bertz CT molecular complexity index is 1280. The fourth-order valence-corrected chi connectivity index (χ4v) is 6.55. The predicted octanol–water partition coefficient (Wildman–Crippen LogP) is 3.94. The lowest BCUT2D eigenvalue weighted by molar-refractivity contribution is 0.134. The molecule has 6 heteroatoms. The number of aryl methyl sites for hydroxylation is 1. The van der Waals surface area contributed by atoms with Crippen molar-refractivity contribution in [2.45, 2.75) is 63.7 Å². The van der Waals surface area contributed by atoms with Crippen LogP contribution in [-0.4, -0.2) is 46.2 Å². The normalized spacial score (nSPS) is 27.4. The number of pyridine rings is 2. The molecule has 0 bridgehead atoms. The molecule has 0 aliphatic carbocycles. The van der Waals surface area contributed by atoms with Gasteiger partial charge >= 0.3 is 0 Å². The van der Waals surface area contributed by atoms with Crippen molar-refractivity contribution < 1.29 is 0 Å². The van der Waals surface area contributed by atoms with Gasteiger partial charge in [-0.05, 0) is 74.4 Å². The molecule has 0 amide bonds. The Morgan fingerprint density at radius 3 is 2.88 bits per heavy atom. The lowest BCUT2D eigenvalue weighted by Crippen LogP contribution is -2.51. The van der Waals surface area contributed by atoms with E-state index < -0.39 is 0 Å². The third kappa shape index (κ3) is 3.64. The smallest absolute Gasteiger partial charge is 0.253 e. The SMILES string of the molecule is C[C@@H]1CC(c2ccc3c(c2)CN2[C@H](C)CN(c4cc(=O)n(C)c5ncccc45)C[C@H]32)CCCN1. The number of benzene rings is 1. The van der Waals surface area contributed by atoms with E-state index in [0.29, 0.717) is 24.0 Å². The molecule has 34 heavy (non-hydrogen) atoms. The van der Waals surface area contributed by atoms with E-state index in [2.05, 4.69) is 58.2 Å². The first-order valence-corrected chi connectivity index (χ1v) is 12.8. The van der Waals surface area contributed by atoms with Crippen LogP contribution in [0.25, 0.3) is 11.0 Å². The van der Waals surface area contributed by atoms with Gasteiger partial charge in [-0.15, -0.1) is 0 Å². The van der Waals surface area contributed by atoms with Crippen molar-refractivity contribution in [3.8, 4) is 0 Å². The standard InChI is InChI=1S/C28H35N5O/c1-18-12-20(6-4-10-29-18)21-8-9-23-22(13-21)16-33-19(2)15-32(17-26(23)33)25-14-27(34)31(3)28-24(25)7-5-11-30-28/h5,7-9,11,13-14,18-20,26,29H,4,6,10,12,15-17H2,1-3H3/t18-,19-,20?,26-/m1/s1. The minimum atomic E-state index is -0.000125. The third-order valence-electron chi connectivity index (χ3n) is 8.37. The Balaban J connectivity index is 1.33. The van der Waals surface area contributed by atoms with Gasteiger partial charge in [0.1, 0.15) is 5.65 Å². The molecule has 2 fully saturated rings. The molecule has 2 aromatic heterocycles. The molecular formula is C28H35N5O. The van der Waals surface area contributed by atoms with Crippen LogP contribution < -0.4 is 15.8 Å². The van der Waals surface area contributed by atoms with Crippen molar-refractivity contribution in [2.24, 2.45) is 7.05 Å². The zero-order valence-electron chi connectivity index (χ0n) is 20.5. The molecule has 6 nitrogen and oxygen atoms in total. The minimum Gasteiger partial charge on any atom is -0.367 e. The van der Waals surface area contributed by atoms with E-state index in [1.54, 1.807) is 23.9 Å². The Morgan fingerprint density at radius 2 is 2.00 bits per heavy atom. The molecule has 2 saturated heterocycles. The monoisotopic (exact) mass is 457 g/mol. The highest BCUT2D eigenvalue weighted by atomic mass is 16.1. The summed E-state index contributed by atoms with van der Waals surface area (Å²) >= 11 is 0. The van der Waals surface area contributed by atoms with Crippen molar-refractivity contribution in [1.82, 2.24) is 19.8 Å². The first kappa shape index (κ1) is 21.8. The van der Waals surface area contributed by atoms with E-state index in [4.69, 9.17) is 0 Å². The van der Waals surface area contributed by atoms with Gasteiger partial charge in [0.25, 0.3) is 5.56 Å². The first-order valence-electron chi connectivity index (χ1n) is 12.8. The van der Waals surface area contributed by atoms with Crippen LogP contribution in [0.3, 0.4) is 0 Å². The lowest BCUT2D eigenvalue weighted by atomic mass is 9.87. The van der Waals surface area contributed by atoms with Gasteiger partial charge in [0.2, 0.25) is 0 Å². The molecule has 4 atom stereocenters. The molecular weight excluding hydrogens is 422 g/mol. The Hall–Kier alpha value is -2.70. The summed E-state index contributed by atoms with van der Waals surface area (Å²) in [7, 11) is 1.80. The van der Waals surface area contributed by atoms with Crippen molar-refractivity contribution in [1.29, 1.82) is 0 Å². The summed E-state index contributed by atoms with van der Waals surface area (Å²) in [6, 6.07) is 14.5. The highest BCUT2D eigenvalue weighted by Crippen LogP contribution is 2.42. The molecule has 0 spiro atoms. The summed E-state index contributed by atoms with van der Waals surface area (Å²) in [5.41, 5.74) is 6.25. The molecule has 0 radical (unpaired) electrons. The Morgan fingerprint density at radius 1 is 1.12 bits per heavy atom. The van der Waals surface area contributed by atoms with Gasteiger partial charge in [0.05, 0.1) is 11.7 Å². The van der Waals surface area contributed by atoms with Gasteiger partial charge < -0.3 is 10.2 Å². The number of rotatable bonds is 2. The zero-order chi connectivity index (χ0) is 23.4. The zero-order valence-corrected chi connectivity index (χ0v) is 20.5. The summed E-state index contributed by atoms with van der Waals surface area (Å²) in [5.74, 6) is 0.654. The van der Waals surface area contributed by atoms with Crippen molar-refractivity contribution >= 4 is 16.7 Å². The summed E-state index contributed by atoms with van der Waals surface area (Å²) in [6.07, 6.45) is 5.52. The summed E-state index contributed by atoms with van der Waals surface area (Å²) < 4.78 is 1.65. The van der Waals surface area contributed by atoms with E-state index in [1.807, 2.05) is 6.07 Å². The first-order chi connectivity index (χ1) is 16.5. The van der Waals surface area contributed by atoms with Crippen LogP contribution in [0, 0.1) is 0 Å². The van der Waals surface area contributed by atoms with Gasteiger partial charge in [0, 0.05) is 56.4 Å². The van der Waals surface area contributed by atoms with E-state index in [9.17, 15) is 4.79 Å². The number of piperazine rings is 1. The summed E-state index contributed by atoms with van der Waals surface area (Å²) in [6.45, 7) is 8.63. The van der Waals surface area contributed by atoms with E-state index in [0.717, 1.165) is 42.9 Å². The second-order valence-corrected chi connectivity index (χ2v) is 10.6. The number of hydrogen-bond acceptors (Lipinski definition) is 5. The molecule has 1 N–H and O–H groups in total. The highest BCUT2D eigenvalue weighted by molar-refractivity contribution is 5.89. The fourth-order valence-electron chi connectivity index (χ4n) is 6.55. The Kier molecular flexibility index (Phi) is 5.46. The summed E-state index contributed by atoms with van der Waals surface area (Å²) in [4.78, 5) is 22.3. The predicted molar refractivity (Wildman–Crippen MR) is 137 cm³/mol. The number of fused-ring (bicyclic) bond motifs is 4. The topological polar surface area (TPSA) is 53.4 Å². The van der Waals surface area contributed by atoms with Crippen molar-refractivity contribution in [3.05, 3.63) is 69.6 Å². The lowest BCUT2D eigenvalue weighted by Gasteiger charge is -2.43. The number of nitrogens with zero attached hydrogens (tertiary/aromatic N) is 4. The van der Waals surface area contributed by atoms with Gasteiger partial charge in [0.15, 0.2) is 0 Å². The summed E-state index contributed by atoms with van der Waals surface area (Å²) in [5, 5.41) is 4.69. The fraction of sp³-hybridized carbons (Fsp3) is 0.500. The molecule has 0 saturated carbocycles. The van der Waals surface area contributed by atoms with Gasteiger partial charge in [-0.2, -0.15) is 0 Å². The van der Waals surface area contributed by atoms with Crippen molar-refractivity contribution in [2.75, 3.05) is 24.5 Å². The van der Waals surface area contributed by atoms with Crippen LogP contribution in [0.1, 0.15) is 61.8 Å². The molecule has 1 aromatic carbocycles. The molecule has 178 valence electrons. The molecule has 1 unspecified atom stereocenters. The largest absolute Gasteiger partial charge is 0.367 e. The molecule has 6 rings (SSSR count). The van der Waals surface area contributed by atoms with Gasteiger partial charge in [-0.25, -0.2) is 4.98 Å². The maximum Gasteiger partial charge on any atom is 0.253 e. The van der Waals surface area contributed by atoms with Crippen molar-refractivity contribution in [3.63, 3.8) is 0 Å². The molecule has 3 aromatic rings. The number of anilines is 1. The Labute approximate surface area is 201 Å². The second-order valence-electron chi connectivity index (χ2n) is 10.6. The molecule has 3 aliphatic rings. The molecule has 3 aliphatic heterocycles. The number of aromatic nitrogens is 2. The highest BCUT2D eigenvalue weighted by Gasteiger charge is 2.39. The number of nitrogens with one attached hydrogen (secondary N) is 1. The van der Waals surface area contributed by atoms with Crippen LogP contribution in [0.5, 0.6) is 0 Å². The van der Waals surface area contributed by atoms with Gasteiger partial charge in [-0.1, -0.05) is 18.2 Å². The maximum atomic E-state index is 12.7. The van der Waals surface area contributed by atoms with Crippen LogP contribution in [0.4, 0.5) is 5.69 Å². The van der Waals surface area contributed by atoms with E-state index in [1.165, 1.54) is 36.0 Å². The minimum absolute atomic E-state index is 0.000125. The average molecular weight is 458 g/mol. The molecule has 5 heterocycles. The second kappa shape index (κ2) is 8.51. The third-order valence-corrected chi connectivity index (χ3v) is 8.37. The maximum absolute atomic E-state index is 12.7.